The van der Waals surface area contributed by atoms with Crippen LogP contribution in [0.2, 0.25) is 0 Å². The molecule has 0 radical (unpaired) electrons. The maximum absolute atomic E-state index is 13.5. The first-order valence-corrected chi connectivity index (χ1v) is 10.2. The molecular formula is C22H20FN5OS. The van der Waals surface area contributed by atoms with Gasteiger partial charge in [-0.2, -0.15) is 0 Å². The van der Waals surface area contributed by atoms with Crippen molar-refractivity contribution in [3.63, 3.8) is 0 Å². The van der Waals surface area contributed by atoms with Crippen molar-refractivity contribution in [1.29, 1.82) is 0 Å². The molecule has 30 heavy (non-hydrogen) atoms. The van der Waals surface area contributed by atoms with Gasteiger partial charge in [-0.15, -0.1) is 11.3 Å². The second-order valence-corrected chi connectivity index (χ2v) is 7.93. The van der Waals surface area contributed by atoms with Gasteiger partial charge in [-0.1, -0.05) is 19.1 Å². The second kappa shape index (κ2) is 7.72. The number of primary amides is 1. The first-order valence-electron chi connectivity index (χ1n) is 9.38. The third kappa shape index (κ3) is 3.35. The number of amides is 2. The fraction of sp³-hybridized carbons (Fsp3) is 0.136. The van der Waals surface area contributed by atoms with Crippen molar-refractivity contribution in [3.8, 4) is 11.1 Å². The van der Waals surface area contributed by atoms with Crippen LogP contribution in [0.25, 0.3) is 21.3 Å². The lowest BCUT2D eigenvalue weighted by Crippen LogP contribution is -2.31. The average molecular weight is 422 g/mol. The van der Waals surface area contributed by atoms with Gasteiger partial charge in [-0.05, 0) is 54.8 Å². The largest absolute Gasteiger partial charge is 0.383 e. The van der Waals surface area contributed by atoms with Crippen LogP contribution in [0.15, 0.2) is 48.8 Å². The molecule has 4 aromatic rings. The van der Waals surface area contributed by atoms with Crippen LogP contribution in [0, 0.1) is 12.7 Å². The number of hydrogen-bond acceptors (Lipinski definition) is 5. The Morgan fingerprint density at radius 1 is 1.17 bits per heavy atom. The van der Waals surface area contributed by atoms with E-state index in [1.165, 1.54) is 23.4 Å². The maximum atomic E-state index is 13.5. The summed E-state index contributed by atoms with van der Waals surface area (Å²) in [4.78, 5) is 24.1. The number of rotatable bonds is 4. The SMILES string of the molecule is CCc1sc2ncnc(N)c2c1-c1ccc(N(C(N)=O)c2ccc(F)cc2C)cc1. The summed E-state index contributed by atoms with van der Waals surface area (Å²) >= 11 is 1.60. The monoisotopic (exact) mass is 421 g/mol. The summed E-state index contributed by atoms with van der Waals surface area (Å²) in [5.41, 5.74) is 15.5. The van der Waals surface area contributed by atoms with Gasteiger partial charge >= 0.3 is 6.03 Å². The van der Waals surface area contributed by atoms with Crippen molar-refractivity contribution in [3.05, 3.63) is 65.0 Å². The van der Waals surface area contributed by atoms with Gasteiger partial charge in [-0.3, -0.25) is 4.90 Å². The van der Waals surface area contributed by atoms with Crippen LogP contribution >= 0.6 is 11.3 Å². The van der Waals surface area contributed by atoms with Gasteiger partial charge in [0, 0.05) is 10.4 Å². The van der Waals surface area contributed by atoms with E-state index >= 15 is 0 Å². The number of hydrogen-bond donors (Lipinski definition) is 2. The zero-order chi connectivity index (χ0) is 21.4. The van der Waals surface area contributed by atoms with Crippen molar-refractivity contribution >= 4 is 44.8 Å². The van der Waals surface area contributed by atoms with Gasteiger partial charge in [0.05, 0.1) is 16.8 Å². The predicted molar refractivity (Wildman–Crippen MR) is 120 cm³/mol. The van der Waals surface area contributed by atoms with E-state index in [9.17, 15) is 9.18 Å². The van der Waals surface area contributed by atoms with E-state index in [4.69, 9.17) is 11.5 Å². The smallest absolute Gasteiger partial charge is 0.323 e. The molecule has 2 heterocycles. The number of aryl methyl sites for hydroxylation is 2. The highest BCUT2D eigenvalue weighted by Gasteiger charge is 2.20. The fourth-order valence-electron chi connectivity index (χ4n) is 3.59. The summed E-state index contributed by atoms with van der Waals surface area (Å²) in [6.45, 7) is 3.81. The van der Waals surface area contributed by atoms with Crippen LogP contribution in [0.3, 0.4) is 0 Å². The summed E-state index contributed by atoms with van der Waals surface area (Å²) in [5, 5.41) is 0.841. The Bertz CT molecular complexity index is 1250. The normalized spacial score (nSPS) is 11.0. The number of carbonyl (C=O) groups excluding carboxylic acids is 1. The van der Waals surface area contributed by atoms with Crippen LogP contribution in [0.1, 0.15) is 17.4 Å². The Morgan fingerprint density at radius 3 is 2.53 bits per heavy atom. The summed E-state index contributed by atoms with van der Waals surface area (Å²) < 4.78 is 13.5. The summed E-state index contributed by atoms with van der Waals surface area (Å²) in [5.74, 6) is 0.0722. The fourth-order valence-corrected chi connectivity index (χ4v) is 4.70. The number of benzene rings is 2. The molecule has 0 spiro atoms. The minimum Gasteiger partial charge on any atom is -0.383 e. The highest BCUT2D eigenvalue weighted by molar-refractivity contribution is 7.19. The van der Waals surface area contributed by atoms with Gasteiger partial charge in [-0.25, -0.2) is 19.2 Å². The number of nitrogen functional groups attached to an aromatic ring is 1. The van der Waals surface area contributed by atoms with Crippen LogP contribution in [0.5, 0.6) is 0 Å². The number of aromatic nitrogens is 2. The number of nitrogens with two attached hydrogens (primary N) is 2. The minimum absolute atomic E-state index is 0.368. The molecule has 2 amide bonds. The Labute approximate surface area is 177 Å². The summed E-state index contributed by atoms with van der Waals surface area (Å²) in [6.07, 6.45) is 2.30. The Kier molecular flexibility index (Phi) is 5.09. The number of thiophene rings is 1. The molecule has 0 saturated carbocycles. The molecule has 4 N–H and O–H groups in total. The van der Waals surface area contributed by atoms with Gasteiger partial charge in [0.25, 0.3) is 0 Å². The maximum Gasteiger partial charge on any atom is 0.323 e. The van der Waals surface area contributed by atoms with E-state index in [0.29, 0.717) is 22.8 Å². The van der Waals surface area contributed by atoms with Crippen molar-refractivity contribution in [1.82, 2.24) is 9.97 Å². The zero-order valence-electron chi connectivity index (χ0n) is 16.5. The van der Waals surface area contributed by atoms with Gasteiger partial charge in [0.1, 0.15) is 22.8 Å². The first-order chi connectivity index (χ1) is 14.4. The molecule has 0 unspecified atom stereocenters. The van der Waals surface area contributed by atoms with E-state index < -0.39 is 6.03 Å². The van der Waals surface area contributed by atoms with Crippen molar-refractivity contribution in [2.45, 2.75) is 20.3 Å². The van der Waals surface area contributed by atoms with E-state index in [2.05, 4.69) is 16.9 Å². The molecule has 0 saturated heterocycles. The molecule has 0 fully saturated rings. The Balaban J connectivity index is 1.81. The molecule has 0 aliphatic carbocycles. The van der Waals surface area contributed by atoms with E-state index in [0.717, 1.165) is 32.6 Å². The number of nitrogens with zero attached hydrogens (tertiary/aromatic N) is 3. The van der Waals surface area contributed by atoms with Crippen molar-refractivity contribution < 1.29 is 9.18 Å². The minimum atomic E-state index is -0.648. The van der Waals surface area contributed by atoms with Crippen molar-refractivity contribution in [2.75, 3.05) is 10.6 Å². The number of halogens is 1. The molecule has 0 bridgehead atoms. The highest BCUT2D eigenvalue weighted by atomic mass is 32.1. The third-order valence-corrected chi connectivity index (χ3v) is 6.19. The molecule has 8 heteroatoms. The standard InChI is InChI=1S/C22H20FN5OS/c1-3-17-18(19-20(24)26-11-27-21(19)30-17)13-4-7-15(8-5-13)28(22(25)29)16-9-6-14(23)10-12(16)2/h4-11H,3H2,1-2H3,(H2,25,29)(H2,24,26,27). The van der Waals surface area contributed by atoms with Crippen LogP contribution in [-0.2, 0) is 6.42 Å². The Hall–Kier alpha value is -3.52. The number of carbonyl (C=O) groups is 1. The van der Waals surface area contributed by atoms with Gasteiger partial charge in [0.15, 0.2) is 0 Å². The van der Waals surface area contributed by atoms with Gasteiger partial charge < -0.3 is 11.5 Å². The van der Waals surface area contributed by atoms with Crippen LogP contribution in [-0.4, -0.2) is 16.0 Å². The predicted octanol–water partition coefficient (Wildman–Crippen LogP) is 5.17. The highest BCUT2D eigenvalue weighted by Crippen LogP contribution is 2.41. The molecule has 2 aromatic carbocycles. The topological polar surface area (TPSA) is 98.1 Å². The molecule has 0 aliphatic rings. The Morgan fingerprint density at radius 2 is 1.90 bits per heavy atom. The lowest BCUT2D eigenvalue weighted by Gasteiger charge is -2.23. The number of anilines is 3. The molecule has 6 nitrogen and oxygen atoms in total. The molecule has 0 aliphatic heterocycles. The molecular weight excluding hydrogens is 401 g/mol. The lowest BCUT2D eigenvalue weighted by atomic mass is 10.0. The summed E-state index contributed by atoms with van der Waals surface area (Å²) in [7, 11) is 0. The zero-order valence-corrected chi connectivity index (χ0v) is 17.3. The first kappa shape index (κ1) is 19.8. The van der Waals surface area contributed by atoms with Crippen molar-refractivity contribution in [2.24, 2.45) is 5.73 Å². The number of urea groups is 1. The average Bonchev–Trinajstić information content (AvgIpc) is 3.10. The number of fused-ring (bicyclic) bond motifs is 1. The molecule has 4 rings (SSSR count). The molecule has 0 atom stereocenters. The molecule has 152 valence electrons. The third-order valence-electron chi connectivity index (χ3n) is 4.95. The van der Waals surface area contributed by atoms with Gasteiger partial charge in [0.2, 0.25) is 0 Å². The van der Waals surface area contributed by atoms with Crippen LogP contribution < -0.4 is 16.4 Å². The van der Waals surface area contributed by atoms with E-state index in [1.54, 1.807) is 24.3 Å². The van der Waals surface area contributed by atoms with E-state index in [1.807, 2.05) is 24.3 Å². The lowest BCUT2D eigenvalue weighted by molar-refractivity contribution is 0.256. The summed E-state index contributed by atoms with van der Waals surface area (Å²) in [6, 6.07) is 11.0. The second-order valence-electron chi connectivity index (χ2n) is 6.84. The molecule has 2 aromatic heterocycles. The van der Waals surface area contributed by atoms with Crippen LogP contribution in [0.4, 0.5) is 26.4 Å². The van der Waals surface area contributed by atoms with E-state index in [-0.39, 0.29) is 5.82 Å². The quantitative estimate of drug-likeness (QED) is 0.475.